The van der Waals surface area contributed by atoms with Crippen LogP contribution in [-0.2, 0) is 4.79 Å². The third-order valence-electron chi connectivity index (χ3n) is 2.79. The molecule has 4 nitrogen and oxygen atoms in total. The number of aromatic nitrogens is 2. The van der Waals surface area contributed by atoms with Gasteiger partial charge in [-0.2, -0.15) is 0 Å². The molecule has 1 amide bonds. The van der Waals surface area contributed by atoms with Crippen LogP contribution >= 0.6 is 58.0 Å². The number of nitrogens with one attached hydrogen (secondary N) is 1. The average molecular weight is 414 g/mol. The fraction of sp³-hybridized carbons (Fsp3) is 0.214. The van der Waals surface area contributed by atoms with Crippen LogP contribution in [0.1, 0.15) is 19.8 Å². The summed E-state index contributed by atoms with van der Waals surface area (Å²) in [7, 11) is 0. The van der Waals surface area contributed by atoms with E-state index in [2.05, 4.69) is 15.3 Å². The van der Waals surface area contributed by atoms with Gasteiger partial charge in [-0.3, -0.25) is 4.79 Å². The highest BCUT2D eigenvalue weighted by molar-refractivity contribution is 6.45. The lowest BCUT2D eigenvalue weighted by Crippen LogP contribution is -2.13. The Balaban J connectivity index is 2.53. The number of hydrogen-bond acceptors (Lipinski definition) is 3. The van der Waals surface area contributed by atoms with E-state index in [4.69, 9.17) is 58.0 Å². The molecule has 2 aromatic rings. The third kappa shape index (κ3) is 4.40. The molecule has 1 heterocycles. The second kappa shape index (κ2) is 7.86. The molecule has 1 aromatic carbocycles. The molecule has 0 radical (unpaired) electrons. The molecular formula is C14H10Cl5N3O. The van der Waals surface area contributed by atoms with E-state index in [1.807, 2.05) is 6.92 Å². The zero-order valence-corrected chi connectivity index (χ0v) is 15.5. The number of nitrogens with zero attached hydrogens (tertiary/aromatic N) is 2. The molecule has 0 fully saturated rings. The number of anilines is 1. The predicted octanol–water partition coefficient (Wildman–Crippen LogP) is 6.15. The fourth-order valence-corrected chi connectivity index (χ4v) is 2.93. The number of rotatable bonds is 4. The highest BCUT2D eigenvalue weighted by atomic mass is 35.5. The lowest BCUT2D eigenvalue weighted by atomic mass is 10.1. The van der Waals surface area contributed by atoms with E-state index < -0.39 is 0 Å². The lowest BCUT2D eigenvalue weighted by Gasteiger charge is -2.11. The Hall–Kier alpha value is -0.780. The van der Waals surface area contributed by atoms with Gasteiger partial charge >= 0.3 is 0 Å². The van der Waals surface area contributed by atoms with Crippen molar-refractivity contribution >= 4 is 69.7 Å². The van der Waals surface area contributed by atoms with E-state index >= 15 is 0 Å². The third-order valence-corrected chi connectivity index (χ3v) is 4.34. The molecule has 0 saturated heterocycles. The van der Waals surface area contributed by atoms with Crippen LogP contribution in [0.25, 0.3) is 11.3 Å². The van der Waals surface area contributed by atoms with Crippen LogP contribution in [0.4, 0.5) is 5.82 Å². The van der Waals surface area contributed by atoms with Gasteiger partial charge in [0.15, 0.2) is 16.1 Å². The van der Waals surface area contributed by atoms with Crippen molar-refractivity contribution < 1.29 is 4.79 Å². The van der Waals surface area contributed by atoms with Gasteiger partial charge in [0.25, 0.3) is 0 Å². The lowest BCUT2D eigenvalue weighted by molar-refractivity contribution is -0.116. The second-order valence-electron chi connectivity index (χ2n) is 4.55. The van der Waals surface area contributed by atoms with Gasteiger partial charge in [-0.15, -0.1) is 0 Å². The summed E-state index contributed by atoms with van der Waals surface area (Å²) in [5, 5.41) is 3.41. The highest BCUT2D eigenvalue weighted by Gasteiger charge is 2.18. The number of carbonyl (C=O) groups excluding carboxylic acids is 1. The van der Waals surface area contributed by atoms with E-state index in [0.717, 1.165) is 0 Å². The van der Waals surface area contributed by atoms with E-state index in [1.165, 1.54) is 6.07 Å². The van der Waals surface area contributed by atoms with E-state index in [9.17, 15) is 4.79 Å². The molecule has 0 bridgehead atoms. The molecule has 1 aromatic heterocycles. The first kappa shape index (κ1) is 18.6. The standard InChI is InChI=1S/C14H10Cl5N3O/c1-2-3-9(23)20-14-13(19)22-12(18)11(21-14)7-4-6(15)5-8(16)10(7)17/h4-5H,2-3H2,1H3,(H,20,21,23). The summed E-state index contributed by atoms with van der Waals surface area (Å²) in [6.07, 6.45) is 1.02. The summed E-state index contributed by atoms with van der Waals surface area (Å²) in [4.78, 5) is 20.0. The number of hydrogen-bond donors (Lipinski definition) is 1. The van der Waals surface area contributed by atoms with E-state index in [1.54, 1.807) is 6.07 Å². The van der Waals surface area contributed by atoms with Crippen molar-refractivity contribution in [1.29, 1.82) is 0 Å². The Labute approximate surface area is 158 Å². The van der Waals surface area contributed by atoms with Crippen LogP contribution in [0.15, 0.2) is 12.1 Å². The molecule has 23 heavy (non-hydrogen) atoms. The maximum Gasteiger partial charge on any atom is 0.225 e. The SMILES string of the molecule is CCCC(=O)Nc1nc(-c2cc(Cl)cc(Cl)c2Cl)c(Cl)nc1Cl. The van der Waals surface area contributed by atoms with E-state index in [0.29, 0.717) is 23.4 Å². The number of amides is 1. The van der Waals surface area contributed by atoms with Gasteiger partial charge in [0.05, 0.1) is 10.0 Å². The van der Waals surface area contributed by atoms with Crippen LogP contribution in [0.2, 0.25) is 25.4 Å². The number of benzene rings is 1. The molecule has 0 aliphatic heterocycles. The summed E-state index contributed by atoms with van der Waals surface area (Å²) in [6.45, 7) is 1.88. The molecule has 0 aliphatic rings. The van der Waals surface area contributed by atoms with Crippen molar-refractivity contribution in [3.8, 4) is 11.3 Å². The molecule has 0 unspecified atom stereocenters. The minimum absolute atomic E-state index is 0.0173. The van der Waals surface area contributed by atoms with Gasteiger partial charge in [-0.1, -0.05) is 64.9 Å². The topological polar surface area (TPSA) is 54.9 Å². The normalized spacial score (nSPS) is 10.7. The fourth-order valence-electron chi connectivity index (χ4n) is 1.80. The van der Waals surface area contributed by atoms with Gasteiger partial charge in [0.2, 0.25) is 5.91 Å². The quantitative estimate of drug-likeness (QED) is 0.612. The first-order valence-corrected chi connectivity index (χ1v) is 8.40. The molecule has 9 heteroatoms. The van der Waals surface area contributed by atoms with Crippen molar-refractivity contribution in [1.82, 2.24) is 9.97 Å². The Morgan fingerprint density at radius 2 is 1.78 bits per heavy atom. The largest absolute Gasteiger partial charge is 0.308 e. The van der Waals surface area contributed by atoms with Gasteiger partial charge in [-0.05, 0) is 18.6 Å². The average Bonchev–Trinajstić information content (AvgIpc) is 2.46. The molecular weight excluding hydrogens is 403 g/mol. The van der Waals surface area contributed by atoms with Crippen molar-refractivity contribution in [2.24, 2.45) is 0 Å². The second-order valence-corrected chi connectivity index (χ2v) is 6.49. The van der Waals surface area contributed by atoms with E-state index in [-0.39, 0.29) is 37.8 Å². The smallest absolute Gasteiger partial charge is 0.225 e. The zero-order chi connectivity index (χ0) is 17.1. The Kier molecular flexibility index (Phi) is 6.34. The van der Waals surface area contributed by atoms with Crippen LogP contribution in [0.5, 0.6) is 0 Å². The van der Waals surface area contributed by atoms with Crippen LogP contribution in [0.3, 0.4) is 0 Å². The first-order valence-electron chi connectivity index (χ1n) is 6.51. The maximum absolute atomic E-state index is 11.7. The Morgan fingerprint density at radius 3 is 2.43 bits per heavy atom. The van der Waals surface area contributed by atoms with Crippen molar-refractivity contribution in [3.05, 3.63) is 37.5 Å². The summed E-state index contributed by atoms with van der Waals surface area (Å²) >= 11 is 30.3. The summed E-state index contributed by atoms with van der Waals surface area (Å²) in [5.41, 5.74) is 0.613. The minimum atomic E-state index is -0.229. The molecule has 0 atom stereocenters. The highest BCUT2D eigenvalue weighted by Crippen LogP contribution is 2.39. The Morgan fingerprint density at radius 1 is 1.09 bits per heavy atom. The van der Waals surface area contributed by atoms with Crippen LogP contribution in [-0.4, -0.2) is 15.9 Å². The molecule has 122 valence electrons. The molecule has 1 N–H and O–H groups in total. The summed E-state index contributed by atoms with van der Waals surface area (Å²) < 4.78 is 0. The molecule has 0 aliphatic carbocycles. The van der Waals surface area contributed by atoms with Crippen molar-refractivity contribution in [2.45, 2.75) is 19.8 Å². The molecule has 0 spiro atoms. The van der Waals surface area contributed by atoms with Crippen molar-refractivity contribution in [3.63, 3.8) is 0 Å². The molecule has 2 rings (SSSR count). The number of halogens is 5. The minimum Gasteiger partial charge on any atom is -0.308 e. The number of carbonyl (C=O) groups is 1. The van der Waals surface area contributed by atoms with Gasteiger partial charge < -0.3 is 5.32 Å². The van der Waals surface area contributed by atoms with Gasteiger partial charge in [-0.25, -0.2) is 9.97 Å². The maximum atomic E-state index is 11.7. The molecule has 0 saturated carbocycles. The summed E-state index contributed by atoms with van der Waals surface area (Å²) in [6, 6.07) is 3.05. The van der Waals surface area contributed by atoms with Gasteiger partial charge in [0, 0.05) is 17.0 Å². The monoisotopic (exact) mass is 411 g/mol. The first-order chi connectivity index (χ1) is 10.8. The van der Waals surface area contributed by atoms with Crippen LogP contribution < -0.4 is 5.32 Å². The summed E-state index contributed by atoms with van der Waals surface area (Å²) in [5.74, 6) is -0.135. The zero-order valence-electron chi connectivity index (χ0n) is 11.8. The Bertz CT molecular complexity index is 767. The van der Waals surface area contributed by atoms with Gasteiger partial charge in [0.1, 0.15) is 5.69 Å². The predicted molar refractivity (Wildman–Crippen MR) is 96.1 cm³/mol. The van der Waals surface area contributed by atoms with Crippen LogP contribution in [0, 0.1) is 0 Å². The van der Waals surface area contributed by atoms with Crippen molar-refractivity contribution in [2.75, 3.05) is 5.32 Å².